The second-order valence-electron chi connectivity index (χ2n) is 2.57. The summed E-state index contributed by atoms with van der Waals surface area (Å²) in [7, 11) is 0. The zero-order valence-electron chi connectivity index (χ0n) is 6.79. The van der Waals surface area contributed by atoms with Gasteiger partial charge < -0.3 is 4.42 Å². The van der Waals surface area contributed by atoms with Gasteiger partial charge in [-0.2, -0.15) is 0 Å². The van der Waals surface area contributed by atoms with E-state index in [9.17, 15) is 4.79 Å². The summed E-state index contributed by atoms with van der Waals surface area (Å²) < 4.78 is 6.85. The molecule has 0 N–H and O–H groups in total. The summed E-state index contributed by atoms with van der Waals surface area (Å²) in [5.41, 5.74) is 0.682. The summed E-state index contributed by atoms with van der Waals surface area (Å²) >= 11 is 6.89. The number of hydrogen-bond donors (Lipinski definition) is 0. The lowest BCUT2D eigenvalue weighted by Gasteiger charge is -1.90. The van der Waals surface area contributed by atoms with Gasteiger partial charge in [-0.3, -0.25) is 4.79 Å². The number of carbonyl (C=O) groups excluding carboxylic acids is 1. The quantitative estimate of drug-likeness (QED) is 0.581. The first kappa shape index (κ1) is 10.4. The van der Waals surface area contributed by atoms with Crippen molar-refractivity contribution >= 4 is 55.6 Å². The number of furan rings is 1. The maximum Gasteiger partial charge on any atom is 0.229 e. The van der Waals surface area contributed by atoms with Crippen molar-refractivity contribution in [3.8, 4) is 0 Å². The van der Waals surface area contributed by atoms with Crippen LogP contribution < -0.4 is 0 Å². The molecule has 14 heavy (non-hydrogen) atoms. The third-order valence-corrected chi connectivity index (χ3v) is 3.84. The summed E-state index contributed by atoms with van der Waals surface area (Å²) in [4.78, 5) is 11.8. The van der Waals surface area contributed by atoms with Crippen LogP contribution in [-0.2, 0) is 0 Å². The zero-order valence-corrected chi connectivity index (χ0v) is 11.4. The Hall–Kier alpha value is -0.140. The van der Waals surface area contributed by atoms with E-state index in [1.807, 2.05) is 11.4 Å². The van der Waals surface area contributed by atoms with Crippen molar-refractivity contribution in [3.05, 3.63) is 42.5 Å². The first-order valence-corrected chi connectivity index (χ1v) is 6.46. The van der Waals surface area contributed by atoms with Crippen LogP contribution >= 0.6 is 49.9 Å². The van der Waals surface area contributed by atoms with Gasteiger partial charge >= 0.3 is 0 Å². The normalized spacial score (nSPS) is 10.4. The third kappa shape index (κ3) is 2.09. The van der Waals surface area contributed by atoms with E-state index in [0.29, 0.717) is 16.0 Å². The van der Waals surface area contributed by atoms with Crippen molar-refractivity contribution in [1.82, 2.24) is 0 Å². The minimum absolute atomic E-state index is 0.0742. The van der Waals surface area contributed by atoms with Gasteiger partial charge in [0.15, 0.2) is 10.4 Å². The van der Waals surface area contributed by atoms with Crippen LogP contribution in [0.25, 0.3) is 0 Å². The van der Waals surface area contributed by atoms with Gasteiger partial charge in [0.1, 0.15) is 0 Å². The smallest absolute Gasteiger partial charge is 0.229 e. The van der Waals surface area contributed by atoms with Crippen molar-refractivity contribution in [3.63, 3.8) is 0 Å². The molecule has 0 aliphatic rings. The minimum atomic E-state index is -0.0742. The number of halogens is 2. The van der Waals surface area contributed by atoms with Gasteiger partial charge in [0.25, 0.3) is 0 Å². The molecule has 2 heterocycles. The topological polar surface area (TPSA) is 30.2 Å². The molecule has 5 heteroatoms. The predicted octanol–water partition coefficient (Wildman–Crippen LogP) is 3.94. The molecule has 0 unspecified atom stereocenters. The Kier molecular flexibility index (Phi) is 3.08. The summed E-state index contributed by atoms with van der Waals surface area (Å²) in [5.74, 6) is 0.293. The average molecular weight is 383 g/mol. The second-order valence-corrected chi connectivity index (χ2v) is 6.16. The molecule has 0 spiro atoms. The maximum atomic E-state index is 11.8. The van der Waals surface area contributed by atoms with Crippen LogP contribution in [0.3, 0.4) is 0 Å². The molecule has 2 rings (SSSR count). The fourth-order valence-corrected chi connectivity index (χ4v) is 2.64. The van der Waals surface area contributed by atoms with Crippen LogP contribution in [0.4, 0.5) is 0 Å². The highest BCUT2D eigenvalue weighted by Gasteiger charge is 2.14. The monoisotopic (exact) mass is 382 g/mol. The molecule has 0 fully saturated rings. The molecule has 0 saturated heterocycles. The van der Waals surface area contributed by atoms with Crippen LogP contribution in [0, 0.1) is 2.88 Å². The summed E-state index contributed by atoms with van der Waals surface area (Å²) in [6.07, 6.45) is 0. The van der Waals surface area contributed by atoms with Crippen LogP contribution in [0.2, 0.25) is 0 Å². The highest BCUT2D eigenvalue weighted by atomic mass is 127. The molecule has 2 aromatic rings. The Labute approximate surface area is 107 Å². The highest BCUT2D eigenvalue weighted by Crippen LogP contribution is 2.21. The molecule has 0 radical (unpaired) electrons. The molecule has 0 amide bonds. The van der Waals surface area contributed by atoms with Crippen molar-refractivity contribution in [2.24, 2.45) is 0 Å². The van der Waals surface area contributed by atoms with E-state index in [-0.39, 0.29) is 5.78 Å². The van der Waals surface area contributed by atoms with Crippen molar-refractivity contribution < 1.29 is 9.21 Å². The first-order chi connectivity index (χ1) is 6.66. The predicted molar refractivity (Wildman–Crippen MR) is 66.9 cm³/mol. The van der Waals surface area contributed by atoms with Gasteiger partial charge in [-0.25, -0.2) is 0 Å². The van der Waals surface area contributed by atoms with E-state index in [1.54, 1.807) is 23.5 Å². The molecule has 0 aliphatic heterocycles. The molecule has 0 aliphatic carbocycles. The molecular weight excluding hydrogens is 379 g/mol. The number of ketones is 1. The van der Waals surface area contributed by atoms with E-state index in [1.165, 1.54) is 0 Å². The summed E-state index contributed by atoms with van der Waals surface area (Å²) in [5, 5.41) is 1.83. The average Bonchev–Trinajstić information content (AvgIpc) is 2.73. The number of rotatable bonds is 2. The second kappa shape index (κ2) is 4.16. The molecular formula is C9H4BrIO2S. The Morgan fingerprint density at radius 2 is 2.29 bits per heavy atom. The number of thiophene rings is 1. The molecule has 0 saturated carbocycles. The van der Waals surface area contributed by atoms with E-state index in [4.69, 9.17) is 4.42 Å². The van der Waals surface area contributed by atoms with Gasteiger partial charge in [-0.1, -0.05) is 0 Å². The van der Waals surface area contributed by atoms with E-state index < -0.39 is 0 Å². The minimum Gasteiger partial charge on any atom is -0.446 e. The molecule has 2 nitrogen and oxygen atoms in total. The number of carbonyl (C=O) groups is 1. The van der Waals surface area contributed by atoms with E-state index in [2.05, 4.69) is 38.5 Å². The SMILES string of the molecule is O=C(c1csc(I)c1)c1ccc(Br)o1. The van der Waals surface area contributed by atoms with Crippen molar-refractivity contribution in [2.75, 3.05) is 0 Å². The fourth-order valence-electron chi connectivity index (χ4n) is 1.01. The lowest BCUT2D eigenvalue weighted by molar-refractivity contribution is 0.101. The third-order valence-electron chi connectivity index (χ3n) is 1.63. The maximum absolute atomic E-state index is 11.8. The zero-order chi connectivity index (χ0) is 10.1. The number of hydrogen-bond acceptors (Lipinski definition) is 3. The molecule has 0 atom stereocenters. The standard InChI is InChI=1S/C9H4BrIO2S/c10-7-2-1-6(13-7)9(12)5-3-8(11)14-4-5/h1-4H. The van der Waals surface area contributed by atoms with Crippen LogP contribution in [0.1, 0.15) is 16.1 Å². The van der Waals surface area contributed by atoms with Gasteiger partial charge in [-0.05, 0) is 56.7 Å². The Morgan fingerprint density at radius 1 is 1.50 bits per heavy atom. The van der Waals surface area contributed by atoms with Gasteiger partial charge in [-0.15, -0.1) is 11.3 Å². The Morgan fingerprint density at radius 3 is 2.79 bits per heavy atom. The summed E-state index contributed by atoms with van der Waals surface area (Å²) in [6, 6.07) is 5.23. The van der Waals surface area contributed by atoms with Crippen molar-refractivity contribution in [2.45, 2.75) is 0 Å². The lowest BCUT2D eigenvalue weighted by Crippen LogP contribution is -1.96. The largest absolute Gasteiger partial charge is 0.446 e. The Bertz CT molecular complexity index is 432. The fraction of sp³-hybridized carbons (Fsp3) is 0. The molecule has 2 aromatic heterocycles. The van der Waals surface area contributed by atoms with Gasteiger partial charge in [0.2, 0.25) is 5.78 Å². The van der Waals surface area contributed by atoms with Crippen LogP contribution in [-0.4, -0.2) is 5.78 Å². The van der Waals surface area contributed by atoms with E-state index >= 15 is 0 Å². The summed E-state index contributed by atoms with van der Waals surface area (Å²) in [6.45, 7) is 0. The molecule has 0 aromatic carbocycles. The van der Waals surface area contributed by atoms with Crippen molar-refractivity contribution in [1.29, 1.82) is 0 Å². The molecule has 0 bridgehead atoms. The van der Waals surface area contributed by atoms with E-state index in [0.717, 1.165) is 2.88 Å². The molecule has 72 valence electrons. The van der Waals surface area contributed by atoms with Gasteiger partial charge in [0, 0.05) is 10.9 Å². The van der Waals surface area contributed by atoms with Crippen LogP contribution in [0.5, 0.6) is 0 Å². The highest BCUT2D eigenvalue weighted by molar-refractivity contribution is 14.1. The first-order valence-electron chi connectivity index (χ1n) is 3.71. The lowest BCUT2D eigenvalue weighted by atomic mass is 10.2. The Balaban J connectivity index is 2.33. The van der Waals surface area contributed by atoms with Crippen LogP contribution in [0.15, 0.2) is 32.7 Å². The van der Waals surface area contributed by atoms with Gasteiger partial charge in [0.05, 0.1) is 2.88 Å².